The summed E-state index contributed by atoms with van der Waals surface area (Å²) in [5.41, 5.74) is 4.05. The van der Waals surface area contributed by atoms with Gasteiger partial charge in [-0.3, -0.25) is 4.79 Å². The van der Waals surface area contributed by atoms with Gasteiger partial charge in [0.2, 0.25) is 5.91 Å². The molecule has 0 saturated carbocycles. The Bertz CT molecular complexity index is 905. The van der Waals surface area contributed by atoms with Crippen molar-refractivity contribution in [1.82, 2.24) is 0 Å². The summed E-state index contributed by atoms with van der Waals surface area (Å²) >= 11 is 1.54. The van der Waals surface area contributed by atoms with E-state index in [0.717, 1.165) is 43.5 Å². The minimum atomic E-state index is -0.323. The quantitative estimate of drug-likeness (QED) is 0.772. The minimum Gasteiger partial charge on any atom is -0.462 e. The van der Waals surface area contributed by atoms with Crippen LogP contribution in [0.2, 0.25) is 0 Å². The lowest BCUT2D eigenvalue weighted by atomic mass is 9.88. The van der Waals surface area contributed by atoms with Crippen LogP contribution in [-0.2, 0) is 28.8 Å². The van der Waals surface area contributed by atoms with Crippen LogP contribution < -0.4 is 10.2 Å². The molecule has 0 spiro atoms. The van der Waals surface area contributed by atoms with Crippen LogP contribution >= 0.6 is 11.3 Å². The van der Waals surface area contributed by atoms with E-state index in [4.69, 9.17) is 4.74 Å². The molecule has 6 heteroatoms. The molecule has 0 saturated heterocycles. The minimum absolute atomic E-state index is 0.0890. The van der Waals surface area contributed by atoms with Gasteiger partial charge in [-0.05, 0) is 55.7 Å². The van der Waals surface area contributed by atoms with Gasteiger partial charge in [-0.25, -0.2) is 4.79 Å². The number of anilines is 2. The standard InChI is InChI=1S/C22H26N2O3S/c1-3-27-22(26)20-16-9-8-14(2)12-18(16)28-21(20)23-19(25)13-24-11-10-15-6-4-5-7-17(15)24/h4-7,14H,3,8-13H2,1-2H3,(H,23,25). The van der Waals surface area contributed by atoms with Crippen molar-refractivity contribution in [2.45, 2.75) is 39.5 Å². The fourth-order valence-corrected chi connectivity index (χ4v) is 5.58. The first kappa shape index (κ1) is 19.0. The molecule has 0 radical (unpaired) electrons. The average molecular weight is 399 g/mol. The number of hydrogen-bond donors (Lipinski definition) is 1. The number of nitrogens with one attached hydrogen (secondary N) is 1. The highest BCUT2D eigenvalue weighted by atomic mass is 32.1. The number of para-hydroxylation sites is 1. The third-order valence-corrected chi connectivity index (χ3v) is 6.73. The van der Waals surface area contributed by atoms with Crippen LogP contribution in [-0.4, -0.2) is 31.6 Å². The predicted octanol–water partition coefficient (Wildman–Crippen LogP) is 4.05. The molecule has 2 aromatic rings. The maximum Gasteiger partial charge on any atom is 0.341 e. The largest absolute Gasteiger partial charge is 0.462 e. The summed E-state index contributed by atoms with van der Waals surface area (Å²) in [6.45, 7) is 5.50. The summed E-state index contributed by atoms with van der Waals surface area (Å²) in [7, 11) is 0. The van der Waals surface area contributed by atoms with Gasteiger partial charge in [0.25, 0.3) is 0 Å². The van der Waals surface area contributed by atoms with E-state index in [0.29, 0.717) is 23.1 Å². The maximum atomic E-state index is 12.8. The van der Waals surface area contributed by atoms with E-state index < -0.39 is 0 Å². The molecule has 2 heterocycles. The summed E-state index contributed by atoms with van der Waals surface area (Å²) in [6.07, 6.45) is 3.86. The van der Waals surface area contributed by atoms with Crippen molar-refractivity contribution >= 4 is 33.9 Å². The van der Waals surface area contributed by atoms with E-state index in [1.165, 1.54) is 10.4 Å². The highest BCUT2D eigenvalue weighted by molar-refractivity contribution is 7.17. The Morgan fingerprint density at radius 2 is 2.11 bits per heavy atom. The lowest BCUT2D eigenvalue weighted by molar-refractivity contribution is -0.114. The highest BCUT2D eigenvalue weighted by Crippen LogP contribution is 2.40. The molecular weight excluding hydrogens is 372 g/mol. The molecule has 1 N–H and O–H groups in total. The van der Waals surface area contributed by atoms with E-state index in [-0.39, 0.29) is 18.4 Å². The van der Waals surface area contributed by atoms with Crippen molar-refractivity contribution in [2.24, 2.45) is 5.92 Å². The van der Waals surface area contributed by atoms with Crippen molar-refractivity contribution in [3.05, 3.63) is 45.8 Å². The van der Waals surface area contributed by atoms with Gasteiger partial charge in [-0.2, -0.15) is 0 Å². The third-order valence-electron chi connectivity index (χ3n) is 5.56. The van der Waals surface area contributed by atoms with E-state index in [1.807, 2.05) is 19.1 Å². The Morgan fingerprint density at radius 1 is 1.29 bits per heavy atom. The Kier molecular flexibility index (Phi) is 5.40. The molecule has 0 fully saturated rings. The second-order valence-electron chi connectivity index (χ2n) is 7.62. The first-order chi connectivity index (χ1) is 13.6. The zero-order valence-corrected chi connectivity index (χ0v) is 17.2. The SMILES string of the molecule is CCOC(=O)c1c(NC(=O)CN2CCc3ccccc32)sc2c1CCC(C)C2. The fourth-order valence-electron chi connectivity index (χ4n) is 4.17. The fraction of sp³-hybridized carbons (Fsp3) is 0.455. The van der Waals surface area contributed by atoms with E-state index in [9.17, 15) is 9.59 Å². The molecule has 1 aliphatic carbocycles. The number of benzene rings is 1. The molecule has 1 aromatic carbocycles. The van der Waals surface area contributed by atoms with Crippen molar-refractivity contribution in [2.75, 3.05) is 29.9 Å². The van der Waals surface area contributed by atoms with Gasteiger partial charge in [0, 0.05) is 17.1 Å². The number of carbonyl (C=O) groups is 2. The molecule has 28 heavy (non-hydrogen) atoms. The Labute approximate surface area is 169 Å². The molecule has 1 aliphatic heterocycles. The number of hydrogen-bond acceptors (Lipinski definition) is 5. The first-order valence-corrected chi connectivity index (χ1v) is 10.8. The molecule has 4 rings (SSSR count). The van der Waals surface area contributed by atoms with E-state index >= 15 is 0 Å². The van der Waals surface area contributed by atoms with Crippen molar-refractivity contribution in [3.8, 4) is 0 Å². The average Bonchev–Trinajstić information content (AvgIpc) is 3.22. The Morgan fingerprint density at radius 3 is 2.93 bits per heavy atom. The second kappa shape index (κ2) is 7.95. The van der Waals surface area contributed by atoms with Gasteiger partial charge in [0.15, 0.2) is 0 Å². The van der Waals surface area contributed by atoms with Gasteiger partial charge in [-0.15, -0.1) is 11.3 Å². The number of nitrogens with zero attached hydrogens (tertiary/aromatic N) is 1. The number of carbonyl (C=O) groups excluding carboxylic acids is 2. The number of amides is 1. The lowest BCUT2D eigenvalue weighted by Gasteiger charge is -2.19. The molecule has 2 aliphatic rings. The molecule has 1 unspecified atom stereocenters. The summed E-state index contributed by atoms with van der Waals surface area (Å²) in [5.74, 6) is 0.191. The Hall–Kier alpha value is -2.34. The van der Waals surface area contributed by atoms with Crippen LogP contribution in [0.15, 0.2) is 24.3 Å². The van der Waals surface area contributed by atoms with Gasteiger partial charge in [0.1, 0.15) is 5.00 Å². The van der Waals surface area contributed by atoms with Gasteiger partial charge in [-0.1, -0.05) is 25.1 Å². The lowest BCUT2D eigenvalue weighted by Crippen LogP contribution is -2.32. The van der Waals surface area contributed by atoms with Crippen LogP contribution in [0, 0.1) is 5.92 Å². The molecule has 1 atom stereocenters. The van der Waals surface area contributed by atoms with E-state index in [1.54, 1.807) is 11.3 Å². The summed E-state index contributed by atoms with van der Waals surface area (Å²) in [4.78, 5) is 28.7. The first-order valence-electron chi connectivity index (χ1n) is 10.0. The van der Waals surface area contributed by atoms with Crippen LogP contribution in [0.4, 0.5) is 10.7 Å². The molecule has 0 bridgehead atoms. The van der Waals surface area contributed by atoms with Crippen LogP contribution in [0.5, 0.6) is 0 Å². The van der Waals surface area contributed by atoms with E-state index in [2.05, 4.69) is 29.3 Å². The van der Waals surface area contributed by atoms with Crippen molar-refractivity contribution < 1.29 is 14.3 Å². The normalized spacial score (nSPS) is 17.8. The molecule has 148 valence electrons. The van der Waals surface area contributed by atoms with Crippen molar-refractivity contribution in [3.63, 3.8) is 0 Å². The van der Waals surface area contributed by atoms with Crippen molar-refractivity contribution in [1.29, 1.82) is 0 Å². The summed E-state index contributed by atoms with van der Waals surface area (Å²) < 4.78 is 5.29. The van der Waals surface area contributed by atoms with Gasteiger partial charge < -0.3 is 15.0 Å². The summed E-state index contributed by atoms with van der Waals surface area (Å²) in [6, 6.07) is 8.21. The number of rotatable bonds is 5. The van der Waals surface area contributed by atoms with Crippen LogP contribution in [0.1, 0.15) is 46.6 Å². The molecular formula is C22H26N2O3S. The van der Waals surface area contributed by atoms with Crippen LogP contribution in [0.25, 0.3) is 0 Å². The number of esters is 1. The number of ether oxygens (including phenoxy) is 1. The maximum absolute atomic E-state index is 12.8. The monoisotopic (exact) mass is 398 g/mol. The molecule has 1 amide bonds. The van der Waals surface area contributed by atoms with Gasteiger partial charge in [0.05, 0.1) is 18.7 Å². The summed E-state index contributed by atoms with van der Waals surface area (Å²) in [5, 5.41) is 3.66. The molecule has 1 aromatic heterocycles. The number of fused-ring (bicyclic) bond motifs is 2. The second-order valence-corrected chi connectivity index (χ2v) is 8.73. The smallest absolute Gasteiger partial charge is 0.341 e. The third kappa shape index (κ3) is 3.65. The van der Waals surface area contributed by atoms with Crippen LogP contribution in [0.3, 0.4) is 0 Å². The number of thiophene rings is 1. The topological polar surface area (TPSA) is 58.6 Å². The van der Waals surface area contributed by atoms with Gasteiger partial charge >= 0.3 is 5.97 Å². The highest BCUT2D eigenvalue weighted by Gasteiger charge is 2.29. The predicted molar refractivity (Wildman–Crippen MR) is 112 cm³/mol. The Balaban J connectivity index is 1.54. The molecule has 5 nitrogen and oxygen atoms in total. The zero-order chi connectivity index (χ0) is 19.7. The zero-order valence-electron chi connectivity index (χ0n) is 16.4.